The van der Waals surface area contributed by atoms with E-state index in [-0.39, 0.29) is 11.9 Å². The molecule has 0 saturated carbocycles. The first-order valence-corrected chi connectivity index (χ1v) is 5.17. The van der Waals surface area contributed by atoms with E-state index in [1.165, 1.54) is 6.07 Å². The smallest absolute Gasteiger partial charge is 0.132 e. The summed E-state index contributed by atoms with van der Waals surface area (Å²) >= 11 is 5.96. The van der Waals surface area contributed by atoms with Crippen molar-refractivity contribution in [3.8, 4) is 0 Å². The fourth-order valence-electron chi connectivity index (χ4n) is 1.73. The lowest BCUT2D eigenvalue weighted by Gasteiger charge is -2.20. The van der Waals surface area contributed by atoms with E-state index in [0.29, 0.717) is 17.1 Å². The van der Waals surface area contributed by atoms with E-state index in [2.05, 4.69) is 5.32 Å². The Labute approximate surface area is 92.9 Å². The number of nitrogens with one attached hydrogen (secondary N) is 1. The normalized spacial score (nSPS) is 21.3. The molecule has 1 aromatic rings. The monoisotopic (exact) mass is 226 g/mol. The second kappa shape index (κ2) is 4.31. The number of benzene rings is 1. The van der Waals surface area contributed by atoms with Gasteiger partial charge in [-0.15, -0.1) is 0 Å². The number of hydrogen-bond acceptors (Lipinski definition) is 2. The van der Waals surface area contributed by atoms with Gasteiger partial charge in [-0.05, 0) is 17.7 Å². The van der Waals surface area contributed by atoms with Crippen LogP contribution in [0.25, 0.3) is 5.57 Å². The number of hydrogen-bond donors (Lipinski definition) is 2. The van der Waals surface area contributed by atoms with Gasteiger partial charge in [0.1, 0.15) is 5.82 Å². The van der Waals surface area contributed by atoms with E-state index in [9.17, 15) is 4.39 Å². The van der Waals surface area contributed by atoms with Crippen LogP contribution in [0.1, 0.15) is 5.56 Å². The van der Waals surface area contributed by atoms with Crippen LogP contribution in [0.3, 0.4) is 0 Å². The van der Waals surface area contributed by atoms with Crippen molar-refractivity contribution in [2.24, 2.45) is 5.73 Å². The average Bonchev–Trinajstić information content (AvgIpc) is 2.17. The molecule has 80 valence electrons. The molecular weight excluding hydrogens is 215 g/mol. The fourth-order valence-corrected chi connectivity index (χ4v) is 2.01. The van der Waals surface area contributed by atoms with Gasteiger partial charge in [0.15, 0.2) is 0 Å². The lowest BCUT2D eigenvalue weighted by molar-refractivity contribution is 0.617. The zero-order valence-electron chi connectivity index (χ0n) is 8.13. The highest BCUT2D eigenvalue weighted by Gasteiger charge is 2.16. The highest BCUT2D eigenvalue weighted by Crippen LogP contribution is 2.27. The van der Waals surface area contributed by atoms with Gasteiger partial charge in [0, 0.05) is 24.7 Å². The molecule has 0 aliphatic carbocycles. The SMILES string of the molecule is NC1C=C(c2c(F)cccc2Cl)CNC1. The number of nitrogens with two attached hydrogens (primary N) is 1. The summed E-state index contributed by atoms with van der Waals surface area (Å²) in [6.45, 7) is 1.32. The highest BCUT2D eigenvalue weighted by molar-refractivity contribution is 6.32. The van der Waals surface area contributed by atoms with Crippen LogP contribution in [0.4, 0.5) is 4.39 Å². The lowest BCUT2D eigenvalue weighted by Crippen LogP contribution is -2.37. The van der Waals surface area contributed by atoms with Crippen molar-refractivity contribution in [3.05, 3.63) is 40.7 Å². The van der Waals surface area contributed by atoms with Crippen LogP contribution in [0, 0.1) is 5.82 Å². The number of halogens is 2. The maximum atomic E-state index is 13.6. The number of rotatable bonds is 1. The molecule has 4 heteroatoms. The van der Waals surface area contributed by atoms with Crippen molar-refractivity contribution in [1.29, 1.82) is 0 Å². The quantitative estimate of drug-likeness (QED) is 0.766. The van der Waals surface area contributed by atoms with Crippen molar-refractivity contribution in [2.45, 2.75) is 6.04 Å². The van der Waals surface area contributed by atoms with Gasteiger partial charge in [0.05, 0.1) is 5.02 Å². The first-order valence-electron chi connectivity index (χ1n) is 4.80. The van der Waals surface area contributed by atoms with E-state index < -0.39 is 0 Å². The molecule has 15 heavy (non-hydrogen) atoms. The third-order valence-corrected chi connectivity index (χ3v) is 2.71. The Kier molecular flexibility index (Phi) is 3.05. The van der Waals surface area contributed by atoms with Crippen LogP contribution in [0.2, 0.25) is 5.02 Å². The molecule has 0 amide bonds. The minimum Gasteiger partial charge on any atom is -0.323 e. The van der Waals surface area contributed by atoms with Gasteiger partial charge >= 0.3 is 0 Å². The summed E-state index contributed by atoms with van der Waals surface area (Å²) in [5.41, 5.74) is 7.05. The first kappa shape index (κ1) is 10.6. The predicted octanol–water partition coefficient (Wildman–Crippen LogP) is 1.79. The summed E-state index contributed by atoms with van der Waals surface area (Å²) in [5.74, 6) is -0.301. The summed E-state index contributed by atoms with van der Waals surface area (Å²) < 4.78 is 13.6. The van der Waals surface area contributed by atoms with Crippen molar-refractivity contribution in [2.75, 3.05) is 13.1 Å². The summed E-state index contributed by atoms with van der Waals surface area (Å²) in [6.07, 6.45) is 1.86. The van der Waals surface area contributed by atoms with Crippen LogP contribution in [-0.2, 0) is 0 Å². The molecule has 0 radical (unpaired) electrons. The first-order chi connectivity index (χ1) is 7.18. The predicted molar refractivity (Wildman–Crippen MR) is 60.2 cm³/mol. The molecule has 2 rings (SSSR count). The maximum Gasteiger partial charge on any atom is 0.132 e. The minimum absolute atomic E-state index is 0.0792. The third-order valence-electron chi connectivity index (χ3n) is 2.39. The van der Waals surface area contributed by atoms with Gasteiger partial charge in [0.2, 0.25) is 0 Å². The second-order valence-electron chi connectivity index (χ2n) is 3.58. The standard InChI is InChI=1S/C11H12ClFN2/c12-9-2-1-3-10(13)11(9)7-4-8(14)6-15-5-7/h1-4,8,15H,5-6,14H2. The second-order valence-corrected chi connectivity index (χ2v) is 3.99. The molecule has 1 aliphatic rings. The van der Waals surface area contributed by atoms with E-state index in [1.807, 2.05) is 6.08 Å². The van der Waals surface area contributed by atoms with E-state index in [4.69, 9.17) is 17.3 Å². The van der Waals surface area contributed by atoms with Gasteiger partial charge in [-0.1, -0.05) is 23.7 Å². The molecule has 0 bridgehead atoms. The molecule has 1 atom stereocenters. The van der Waals surface area contributed by atoms with E-state index in [1.54, 1.807) is 12.1 Å². The zero-order chi connectivity index (χ0) is 10.8. The molecule has 2 nitrogen and oxygen atoms in total. The van der Waals surface area contributed by atoms with Crippen molar-refractivity contribution >= 4 is 17.2 Å². The van der Waals surface area contributed by atoms with Crippen molar-refractivity contribution < 1.29 is 4.39 Å². The molecule has 0 saturated heterocycles. The fraction of sp³-hybridized carbons (Fsp3) is 0.273. The Morgan fingerprint density at radius 1 is 1.47 bits per heavy atom. The van der Waals surface area contributed by atoms with Crippen molar-refractivity contribution in [1.82, 2.24) is 5.32 Å². The molecule has 1 aliphatic heterocycles. The largest absolute Gasteiger partial charge is 0.323 e. The van der Waals surface area contributed by atoms with Crippen LogP contribution in [-0.4, -0.2) is 19.1 Å². The molecule has 1 unspecified atom stereocenters. The van der Waals surface area contributed by atoms with Crippen LogP contribution < -0.4 is 11.1 Å². The van der Waals surface area contributed by atoms with E-state index in [0.717, 1.165) is 12.1 Å². The van der Waals surface area contributed by atoms with Gasteiger partial charge in [0.25, 0.3) is 0 Å². The molecule has 1 aromatic carbocycles. The van der Waals surface area contributed by atoms with Gasteiger partial charge in [-0.25, -0.2) is 4.39 Å². The molecule has 1 heterocycles. The minimum atomic E-state index is -0.301. The third kappa shape index (κ3) is 2.20. The lowest BCUT2D eigenvalue weighted by atomic mass is 10.00. The molecule has 3 N–H and O–H groups in total. The van der Waals surface area contributed by atoms with Gasteiger partial charge < -0.3 is 11.1 Å². The van der Waals surface area contributed by atoms with Gasteiger partial charge in [-0.3, -0.25) is 0 Å². The van der Waals surface area contributed by atoms with Crippen molar-refractivity contribution in [3.63, 3.8) is 0 Å². The summed E-state index contributed by atoms with van der Waals surface area (Å²) in [5, 5.41) is 3.55. The van der Waals surface area contributed by atoms with Crippen LogP contribution in [0.15, 0.2) is 24.3 Å². The summed E-state index contributed by atoms with van der Waals surface area (Å²) in [7, 11) is 0. The van der Waals surface area contributed by atoms with Crippen LogP contribution >= 0.6 is 11.6 Å². The van der Waals surface area contributed by atoms with Gasteiger partial charge in [-0.2, -0.15) is 0 Å². The van der Waals surface area contributed by atoms with Crippen LogP contribution in [0.5, 0.6) is 0 Å². The average molecular weight is 227 g/mol. The Morgan fingerprint density at radius 2 is 2.27 bits per heavy atom. The zero-order valence-corrected chi connectivity index (χ0v) is 8.89. The Hall–Kier alpha value is -0.900. The summed E-state index contributed by atoms with van der Waals surface area (Å²) in [4.78, 5) is 0. The summed E-state index contributed by atoms with van der Waals surface area (Å²) in [6, 6.07) is 4.60. The maximum absolute atomic E-state index is 13.6. The Balaban J connectivity index is 2.45. The molecule has 0 spiro atoms. The molecule has 0 fully saturated rings. The van der Waals surface area contributed by atoms with E-state index >= 15 is 0 Å². The molecule has 0 aromatic heterocycles. The highest BCUT2D eigenvalue weighted by atomic mass is 35.5. The topological polar surface area (TPSA) is 38.0 Å². The Bertz CT molecular complexity index is 383. The molecular formula is C11H12ClFN2. The Morgan fingerprint density at radius 3 is 2.93 bits per heavy atom.